The molecule has 0 saturated heterocycles. The van der Waals surface area contributed by atoms with E-state index in [-0.39, 0.29) is 11.9 Å². The zero-order valence-corrected chi connectivity index (χ0v) is 9.61. The summed E-state index contributed by atoms with van der Waals surface area (Å²) in [5, 5.41) is 4.95. The number of thiophene rings is 1. The SMILES string of the molecule is CCNC(C(N)=O)c1sccc1Br. The van der Waals surface area contributed by atoms with E-state index in [1.54, 1.807) is 0 Å². The van der Waals surface area contributed by atoms with Crippen molar-refractivity contribution in [3.63, 3.8) is 0 Å². The number of primary amides is 1. The van der Waals surface area contributed by atoms with Gasteiger partial charge in [0, 0.05) is 9.35 Å². The summed E-state index contributed by atoms with van der Waals surface area (Å²) in [5.41, 5.74) is 5.27. The van der Waals surface area contributed by atoms with Crippen LogP contribution in [0.25, 0.3) is 0 Å². The second-order valence-electron chi connectivity index (χ2n) is 2.53. The zero-order valence-electron chi connectivity index (χ0n) is 7.21. The van der Waals surface area contributed by atoms with Gasteiger partial charge in [-0.2, -0.15) is 0 Å². The third kappa shape index (κ3) is 2.52. The van der Waals surface area contributed by atoms with E-state index in [9.17, 15) is 4.79 Å². The molecule has 0 aliphatic heterocycles. The Balaban J connectivity index is 2.88. The van der Waals surface area contributed by atoms with Crippen molar-refractivity contribution in [3.8, 4) is 0 Å². The molecule has 0 aromatic carbocycles. The highest BCUT2D eigenvalue weighted by molar-refractivity contribution is 9.10. The molecule has 3 N–H and O–H groups in total. The molecule has 0 fully saturated rings. The molecule has 1 aromatic heterocycles. The van der Waals surface area contributed by atoms with Crippen molar-refractivity contribution in [1.82, 2.24) is 5.32 Å². The van der Waals surface area contributed by atoms with Gasteiger partial charge in [-0.1, -0.05) is 6.92 Å². The molecule has 72 valence electrons. The van der Waals surface area contributed by atoms with Gasteiger partial charge in [-0.15, -0.1) is 11.3 Å². The summed E-state index contributed by atoms with van der Waals surface area (Å²) in [6, 6.07) is 1.53. The molecule has 0 radical (unpaired) electrons. The Hall–Kier alpha value is -0.390. The standard InChI is InChI=1S/C8H11BrN2OS/c1-2-11-6(8(10)12)7-5(9)3-4-13-7/h3-4,6,11H,2H2,1H3,(H2,10,12). The third-order valence-electron chi connectivity index (χ3n) is 1.60. The Bertz CT molecular complexity index is 300. The molecule has 1 rings (SSSR count). The second-order valence-corrected chi connectivity index (χ2v) is 4.33. The third-order valence-corrected chi connectivity index (χ3v) is 3.54. The average Bonchev–Trinajstić information content (AvgIpc) is 2.47. The Kier molecular flexibility index (Phi) is 3.90. The number of amides is 1. The fourth-order valence-corrected chi connectivity index (χ4v) is 2.72. The molecular formula is C8H11BrN2OS. The molecule has 1 aromatic rings. The summed E-state index contributed by atoms with van der Waals surface area (Å²) in [5.74, 6) is -0.343. The van der Waals surface area contributed by atoms with Crippen LogP contribution in [0.5, 0.6) is 0 Å². The highest BCUT2D eigenvalue weighted by Gasteiger charge is 2.19. The van der Waals surface area contributed by atoms with Crippen molar-refractivity contribution in [3.05, 3.63) is 20.8 Å². The number of carbonyl (C=O) groups excluding carboxylic acids is 1. The fraction of sp³-hybridized carbons (Fsp3) is 0.375. The number of hydrogen-bond donors (Lipinski definition) is 2. The van der Waals surface area contributed by atoms with Crippen LogP contribution in [0.3, 0.4) is 0 Å². The lowest BCUT2D eigenvalue weighted by atomic mass is 10.2. The van der Waals surface area contributed by atoms with E-state index in [1.807, 2.05) is 18.4 Å². The van der Waals surface area contributed by atoms with Crippen molar-refractivity contribution < 1.29 is 4.79 Å². The first-order chi connectivity index (χ1) is 6.16. The van der Waals surface area contributed by atoms with Gasteiger partial charge in [0.25, 0.3) is 0 Å². The van der Waals surface area contributed by atoms with Crippen LogP contribution in [-0.4, -0.2) is 12.5 Å². The van der Waals surface area contributed by atoms with Gasteiger partial charge in [0.2, 0.25) is 5.91 Å². The molecule has 1 atom stereocenters. The van der Waals surface area contributed by atoms with E-state index in [1.165, 1.54) is 11.3 Å². The average molecular weight is 263 g/mol. The second kappa shape index (κ2) is 4.74. The Morgan fingerprint density at radius 1 is 1.85 bits per heavy atom. The maximum absolute atomic E-state index is 11.1. The first kappa shape index (κ1) is 10.7. The van der Waals surface area contributed by atoms with Crippen LogP contribution in [0.2, 0.25) is 0 Å². The predicted molar refractivity (Wildman–Crippen MR) is 57.6 cm³/mol. The van der Waals surface area contributed by atoms with E-state index in [0.717, 1.165) is 15.9 Å². The summed E-state index contributed by atoms with van der Waals surface area (Å²) in [6.07, 6.45) is 0. The quantitative estimate of drug-likeness (QED) is 0.867. The van der Waals surface area contributed by atoms with Crippen LogP contribution >= 0.6 is 27.3 Å². The van der Waals surface area contributed by atoms with E-state index in [0.29, 0.717) is 0 Å². The molecule has 1 heterocycles. The highest BCUT2D eigenvalue weighted by Crippen LogP contribution is 2.28. The van der Waals surface area contributed by atoms with Crippen LogP contribution in [0.1, 0.15) is 17.8 Å². The van der Waals surface area contributed by atoms with Crippen molar-refractivity contribution in [1.29, 1.82) is 0 Å². The molecule has 3 nitrogen and oxygen atoms in total. The molecular weight excluding hydrogens is 252 g/mol. The summed E-state index contributed by atoms with van der Waals surface area (Å²) in [4.78, 5) is 12.0. The summed E-state index contributed by atoms with van der Waals surface area (Å²) in [7, 11) is 0. The largest absolute Gasteiger partial charge is 0.368 e. The van der Waals surface area contributed by atoms with Gasteiger partial charge in [0.05, 0.1) is 0 Å². The number of rotatable bonds is 4. The minimum absolute atomic E-state index is 0.343. The number of halogens is 1. The molecule has 0 spiro atoms. The van der Waals surface area contributed by atoms with Crippen molar-refractivity contribution in [2.45, 2.75) is 13.0 Å². The van der Waals surface area contributed by atoms with Crippen LogP contribution < -0.4 is 11.1 Å². The minimum atomic E-state index is -0.376. The predicted octanol–water partition coefficient (Wildman–Crippen LogP) is 1.65. The Morgan fingerprint density at radius 2 is 2.54 bits per heavy atom. The lowest BCUT2D eigenvalue weighted by Crippen LogP contribution is -2.33. The van der Waals surface area contributed by atoms with Gasteiger partial charge in [-0.25, -0.2) is 0 Å². The van der Waals surface area contributed by atoms with Gasteiger partial charge in [-0.3, -0.25) is 4.79 Å². The Morgan fingerprint density at radius 3 is 2.92 bits per heavy atom. The van der Waals surface area contributed by atoms with Gasteiger partial charge in [0.1, 0.15) is 6.04 Å². The highest BCUT2D eigenvalue weighted by atomic mass is 79.9. The van der Waals surface area contributed by atoms with Gasteiger partial charge in [0.15, 0.2) is 0 Å². The van der Waals surface area contributed by atoms with Crippen molar-refractivity contribution in [2.75, 3.05) is 6.54 Å². The fourth-order valence-electron chi connectivity index (χ4n) is 1.04. The van der Waals surface area contributed by atoms with Gasteiger partial charge < -0.3 is 11.1 Å². The lowest BCUT2D eigenvalue weighted by molar-refractivity contribution is -0.120. The van der Waals surface area contributed by atoms with Crippen molar-refractivity contribution in [2.24, 2.45) is 5.73 Å². The number of carbonyl (C=O) groups is 1. The maximum atomic E-state index is 11.1. The number of hydrogen-bond acceptors (Lipinski definition) is 3. The molecule has 0 bridgehead atoms. The van der Waals surface area contributed by atoms with Crippen LogP contribution in [0, 0.1) is 0 Å². The van der Waals surface area contributed by atoms with Crippen molar-refractivity contribution >= 4 is 33.2 Å². The normalized spacial score (nSPS) is 12.8. The molecule has 0 aliphatic rings. The number of nitrogens with two attached hydrogens (primary N) is 1. The topological polar surface area (TPSA) is 55.1 Å². The summed E-state index contributed by atoms with van der Waals surface area (Å²) < 4.78 is 0.933. The van der Waals surface area contributed by atoms with E-state index < -0.39 is 0 Å². The Labute approximate surface area is 89.5 Å². The molecule has 1 unspecified atom stereocenters. The molecule has 5 heteroatoms. The van der Waals surface area contributed by atoms with E-state index >= 15 is 0 Å². The first-order valence-electron chi connectivity index (χ1n) is 3.92. The molecule has 1 amide bonds. The molecule has 0 aliphatic carbocycles. The van der Waals surface area contributed by atoms with Crippen LogP contribution in [0.15, 0.2) is 15.9 Å². The smallest absolute Gasteiger partial charge is 0.240 e. The van der Waals surface area contributed by atoms with Crippen LogP contribution in [0.4, 0.5) is 0 Å². The maximum Gasteiger partial charge on any atom is 0.240 e. The lowest BCUT2D eigenvalue weighted by Gasteiger charge is -2.12. The minimum Gasteiger partial charge on any atom is -0.368 e. The van der Waals surface area contributed by atoms with Crippen LogP contribution in [-0.2, 0) is 4.79 Å². The first-order valence-corrected chi connectivity index (χ1v) is 5.59. The monoisotopic (exact) mass is 262 g/mol. The van der Waals surface area contributed by atoms with E-state index in [4.69, 9.17) is 5.73 Å². The molecule has 13 heavy (non-hydrogen) atoms. The summed E-state index contributed by atoms with van der Waals surface area (Å²) >= 11 is 4.88. The van der Waals surface area contributed by atoms with E-state index in [2.05, 4.69) is 21.2 Å². The van der Waals surface area contributed by atoms with Gasteiger partial charge in [-0.05, 0) is 33.9 Å². The summed E-state index contributed by atoms with van der Waals surface area (Å²) in [6.45, 7) is 2.66. The molecule has 0 saturated carbocycles. The number of likely N-dealkylation sites (N-methyl/N-ethyl adjacent to an activating group) is 1. The zero-order chi connectivity index (χ0) is 9.84. The number of nitrogens with one attached hydrogen (secondary N) is 1. The van der Waals surface area contributed by atoms with Gasteiger partial charge >= 0.3 is 0 Å².